The van der Waals surface area contributed by atoms with E-state index in [1.807, 2.05) is 0 Å². The number of rotatable bonds is 4. The summed E-state index contributed by atoms with van der Waals surface area (Å²) in [6.45, 7) is 4.61. The summed E-state index contributed by atoms with van der Waals surface area (Å²) in [5, 5.41) is 0. The van der Waals surface area contributed by atoms with Crippen molar-refractivity contribution in [3.63, 3.8) is 0 Å². The Labute approximate surface area is 59.7 Å². The van der Waals surface area contributed by atoms with Crippen molar-refractivity contribution in [1.29, 1.82) is 0 Å². The second-order valence-electron chi connectivity index (χ2n) is 1.96. The molecule has 0 amide bonds. The summed E-state index contributed by atoms with van der Waals surface area (Å²) in [7, 11) is 0. The highest BCUT2D eigenvalue weighted by Crippen LogP contribution is 1.92. The van der Waals surface area contributed by atoms with Gasteiger partial charge in [0.1, 0.15) is 0 Å². The average Bonchev–Trinajstić information content (AvgIpc) is 1.88. The van der Waals surface area contributed by atoms with Crippen LogP contribution in [0, 0.1) is 0 Å². The largest absolute Gasteiger partial charge is 0.462 e. The highest BCUT2D eigenvalue weighted by Gasteiger charge is 2.00. The fraction of sp³-hybridized carbons (Fsp3) is 0.571. The molecule has 3 heteroatoms. The first-order chi connectivity index (χ1) is 4.68. The Bertz CT molecular complexity index is 132. The van der Waals surface area contributed by atoms with E-state index >= 15 is 0 Å². The maximum absolute atomic E-state index is 11.4. The van der Waals surface area contributed by atoms with Crippen LogP contribution in [0.5, 0.6) is 0 Å². The molecule has 0 heterocycles. The molecule has 0 saturated heterocycles. The molecule has 0 aliphatic heterocycles. The van der Waals surface area contributed by atoms with Crippen LogP contribution in [-0.2, 0) is 9.53 Å². The molecule has 0 unspecified atom stereocenters. The van der Waals surface area contributed by atoms with Gasteiger partial charge in [0.15, 0.2) is 0 Å². The summed E-state index contributed by atoms with van der Waals surface area (Å²) in [6.07, 6.45) is 0.263. The lowest BCUT2D eigenvalue weighted by atomic mass is 10.4. The Morgan fingerprint density at radius 2 is 2.30 bits per heavy atom. The number of esters is 1. The molecule has 0 aliphatic rings. The van der Waals surface area contributed by atoms with E-state index in [-0.39, 0.29) is 13.0 Å². The van der Waals surface area contributed by atoms with Crippen molar-refractivity contribution in [3.8, 4) is 0 Å². The van der Waals surface area contributed by atoms with Crippen molar-refractivity contribution >= 4 is 5.97 Å². The summed E-state index contributed by atoms with van der Waals surface area (Å²) in [5.74, 6) is -0.451. The van der Waals surface area contributed by atoms with Crippen molar-refractivity contribution in [2.24, 2.45) is 0 Å². The molecule has 0 bridgehead atoms. The van der Waals surface area contributed by atoms with Crippen LogP contribution in [0.1, 0.15) is 13.3 Å². The van der Waals surface area contributed by atoms with E-state index in [9.17, 15) is 9.18 Å². The molecule has 0 radical (unpaired) electrons. The monoisotopic (exact) mass is 146 g/mol. The predicted molar refractivity (Wildman–Crippen MR) is 36.4 cm³/mol. The zero-order chi connectivity index (χ0) is 7.98. The molecule has 58 valence electrons. The van der Waals surface area contributed by atoms with Gasteiger partial charge in [-0.1, -0.05) is 6.58 Å². The average molecular weight is 146 g/mol. The maximum atomic E-state index is 11.4. The van der Waals surface area contributed by atoms with Crippen molar-refractivity contribution in [3.05, 3.63) is 12.2 Å². The summed E-state index contributed by atoms with van der Waals surface area (Å²) >= 11 is 0. The SMILES string of the molecule is C=C(C)C(=O)OCCCF. The molecule has 0 saturated carbocycles. The van der Waals surface area contributed by atoms with Crippen LogP contribution in [0.2, 0.25) is 0 Å². The third-order valence-corrected chi connectivity index (χ3v) is 0.860. The standard InChI is InChI=1S/C7H11FO2/c1-6(2)7(9)10-5-3-4-8/h1,3-5H2,2H3. The second-order valence-corrected chi connectivity index (χ2v) is 1.96. The van der Waals surface area contributed by atoms with Crippen molar-refractivity contribution < 1.29 is 13.9 Å². The normalized spacial score (nSPS) is 9.00. The molecule has 2 nitrogen and oxygen atoms in total. The molecule has 0 aliphatic carbocycles. The van der Waals surface area contributed by atoms with Gasteiger partial charge in [-0.3, -0.25) is 4.39 Å². The van der Waals surface area contributed by atoms with Gasteiger partial charge >= 0.3 is 5.97 Å². The molecule has 0 fully saturated rings. The van der Waals surface area contributed by atoms with E-state index in [1.165, 1.54) is 0 Å². The fourth-order valence-corrected chi connectivity index (χ4v) is 0.343. The molecule has 0 atom stereocenters. The van der Waals surface area contributed by atoms with Crippen LogP contribution in [0.4, 0.5) is 4.39 Å². The minimum absolute atomic E-state index is 0.141. The summed E-state index contributed by atoms with van der Waals surface area (Å²) in [5.41, 5.74) is 0.346. The first-order valence-corrected chi connectivity index (χ1v) is 3.07. The van der Waals surface area contributed by atoms with Crippen LogP contribution >= 0.6 is 0 Å². The van der Waals surface area contributed by atoms with E-state index in [0.717, 1.165) is 0 Å². The lowest BCUT2D eigenvalue weighted by Gasteiger charge is -2.00. The van der Waals surface area contributed by atoms with Crippen molar-refractivity contribution in [2.45, 2.75) is 13.3 Å². The molecular weight excluding hydrogens is 135 g/mol. The summed E-state index contributed by atoms with van der Waals surface area (Å²) in [4.78, 5) is 10.6. The van der Waals surface area contributed by atoms with Crippen molar-refractivity contribution in [2.75, 3.05) is 13.3 Å². The predicted octanol–water partition coefficient (Wildman–Crippen LogP) is 1.47. The van der Waals surface area contributed by atoms with E-state index in [0.29, 0.717) is 5.57 Å². The first kappa shape index (κ1) is 9.14. The third kappa shape index (κ3) is 4.06. The number of alkyl halides is 1. The lowest BCUT2D eigenvalue weighted by molar-refractivity contribution is -0.139. The molecular formula is C7H11FO2. The fourth-order valence-electron chi connectivity index (χ4n) is 0.343. The van der Waals surface area contributed by atoms with E-state index in [1.54, 1.807) is 6.92 Å². The second kappa shape index (κ2) is 4.97. The minimum atomic E-state index is -0.455. The Morgan fingerprint density at radius 3 is 2.70 bits per heavy atom. The molecule has 0 aromatic carbocycles. The molecule has 0 rings (SSSR count). The number of hydrogen-bond acceptors (Lipinski definition) is 2. The Kier molecular flexibility index (Phi) is 4.54. The van der Waals surface area contributed by atoms with E-state index in [2.05, 4.69) is 11.3 Å². The van der Waals surface area contributed by atoms with Crippen LogP contribution in [0.15, 0.2) is 12.2 Å². The lowest BCUT2D eigenvalue weighted by Crippen LogP contribution is -2.06. The quantitative estimate of drug-likeness (QED) is 0.341. The molecule has 0 aromatic rings. The number of carbonyl (C=O) groups excluding carboxylic acids is 1. The van der Waals surface area contributed by atoms with Gasteiger partial charge in [-0.05, 0) is 6.92 Å². The number of hydrogen-bond donors (Lipinski definition) is 0. The Morgan fingerprint density at radius 1 is 1.70 bits per heavy atom. The van der Waals surface area contributed by atoms with Gasteiger partial charge < -0.3 is 4.74 Å². The van der Waals surface area contributed by atoms with Gasteiger partial charge in [0, 0.05) is 12.0 Å². The Balaban J connectivity index is 3.31. The van der Waals surface area contributed by atoms with Gasteiger partial charge in [-0.25, -0.2) is 4.79 Å². The van der Waals surface area contributed by atoms with Gasteiger partial charge in [0.25, 0.3) is 0 Å². The van der Waals surface area contributed by atoms with Gasteiger partial charge in [-0.15, -0.1) is 0 Å². The van der Waals surface area contributed by atoms with Gasteiger partial charge in [0.2, 0.25) is 0 Å². The van der Waals surface area contributed by atoms with Crippen LogP contribution < -0.4 is 0 Å². The smallest absolute Gasteiger partial charge is 0.333 e. The van der Waals surface area contributed by atoms with Crippen LogP contribution in [0.3, 0.4) is 0 Å². The first-order valence-electron chi connectivity index (χ1n) is 3.07. The maximum Gasteiger partial charge on any atom is 0.333 e. The molecule has 0 N–H and O–H groups in total. The Hall–Kier alpha value is -0.860. The summed E-state index contributed by atoms with van der Waals surface area (Å²) < 4.78 is 16.0. The van der Waals surface area contributed by atoms with Crippen molar-refractivity contribution in [1.82, 2.24) is 0 Å². The number of carbonyl (C=O) groups is 1. The number of ether oxygens (including phenoxy) is 1. The van der Waals surface area contributed by atoms with Crippen LogP contribution in [-0.4, -0.2) is 19.3 Å². The molecule has 10 heavy (non-hydrogen) atoms. The highest BCUT2D eigenvalue weighted by atomic mass is 19.1. The molecule has 0 spiro atoms. The summed E-state index contributed by atoms with van der Waals surface area (Å²) in [6, 6.07) is 0. The van der Waals surface area contributed by atoms with E-state index < -0.39 is 12.6 Å². The topological polar surface area (TPSA) is 26.3 Å². The third-order valence-electron chi connectivity index (χ3n) is 0.860. The van der Waals surface area contributed by atoms with Gasteiger partial charge in [-0.2, -0.15) is 0 Å². The molecule has 0 aromatic heterocycles. The van der Waals surface area contributed by atoms with Gasteiger partial charge in [0.05, 0.1) is 13.3 Å². The van der Waals surface area contributed by atoms with Crippen LogP contribution in [0.25, 0.3) is 0 Å². The highest BCUT2D eigenvalue weighted by molar-refractivity contribution is 5.86. The minimum Gasteiger partial charge on any atom is -0.462 e. The number of halogens is 1. The van der Waals surface area contributed by atoms with E-state index in [4.69, 9.17) is 0 Å². The zero-order valence-corrected chi connectivity index (χ0v) is 6.02. The zero-order valence-electron chi connectivity index (χ0n) is 6.02.